The van der Waals surface area contributed by atoms with E-state index in [0.29, 0.717) is 22.6 Å². The number of carbonyl (C=O) groups is 2. The van der Waals surface area contributed by atoms with Crippen LogP contribution in [0.4, 0.5) is 0 Å². The Morgan fingerprint density at radius 2 is 1.78 bits per heavy atom. The second-order valence-corrected chi connectivity index (χ2v) is 7.24. The average molecular weight is 430 g/mol. The third-order valence-corrected chi connectivity index (χ3v) is 5.39. The number of aliphatic hydroxyl groups is 1. The van der Waals surface area contributed by atoms with Crippen LogP contribution in [0.3, 0.4) is 0 Å². The Labute approximate surface area is 185 Å². The van der Waals surface area contributed by atoms with E-state index >= 15 is 0 Å². The van der Waals surface area contributed by atoms with E-state index in [2.05, 4.69) is 4.98 Å². The van der Waals surface area contributed by atoms with Crippen molar-refractivity contribution >= 4 is 17.4 Å². The van der Waals surface area contributed by atoms with Crippen molar-refractivity contribution < 1.29 is 24.2 Å². The van der Waals surface area contributed by atoms with Crippen LogP contribution in [-0.4, -0.2) is 40.9 Å². The molecule has 162 valence electrons. The normalized spacial score (nSPS) is 17.4. The van der Waals surface area contributed by atoms with Crippen molar-refractivity contribution in [1.82, 2.24) is 9.88 Å². The molecule has 32 heavy (non-hydrogen) atoms. The highest BCUT2D eigenvalue weighted by Gasteiger charge is 2.47. The third kappa shape index (κ3) is 3.69. The molecule has 1 fully saturated rings. The molecule has 0 aliphatic carbocycles. The molecule has 1 atom stereocenters. The summed E-state index contributed by atoms with van der Waals surface area (Å²) in [7, 11) is 3.00. The molecule has 1 aliphatic rings. The number of Topliss-reactive ketones (excluding diaryl/α,β-unsaturated/α-hetero) is 1. The summed E-state index contributed by atoms with van der Waals surface area (Å²) in [6, 6.07) is 16.6. The Balaban J connectivity index is 1.94. The van der Waals surface area contributed by atoms with Crippen LogP contribution in [0.25, 0.3) is 5.76 Å². The summed E-state index contributed by atoms with van der Waals surface area (Å²) in [5, 5.41) is 11.1. The summed E-state index contributed by atoms with van der Waals surface area (Å²) in [5.74, 6) is -0.868. The van der Waals surface area contributed by atoms with E-state index in [-0.39, 0.29) is 17.9 Å². The molecule has 0 spiro atoms. The number of pyridine rings is 1. The molecule has 7 heteroatoms. The van der Waals surface area contributed by atoms with E-state index in [9.17, 15) is 14.7 Å². The fourth-order valence-electron chi connectivity index (χ4n) is 3.93. The third-order valence-electron chi connectivity index (χ3n) is 5.39. The summed E-state index contributed by atoms with van der Waals surface area (Å²) in [6.07, 6.45) is 3.27. The Hall–Kier alpha value is -4.13. The molecule has 1 amide bonds. The largest absolute Gasteiger partial charge is 0.507 e. The molecular weight excluding hydrogens is 408 g/mol. The Morgan fingerprint density at radius 3 is 2.44 bits per heavy atom. The van der Waals surface area contributed by atoms with Crippen molar-refractivity contribution in [2.24, 2.45) is 0 Å². The second-order valence-electron chi connectivity index (χ2n) is 7.24. The lowest BCUT2D eigenvalue weighted by molar-refractivity contribution is -0.140. The SMILES string of the molecule is COc1cccc([C@H]2/C(=C(\O)c3ccccc3)C(=O)C(=O)N2Cc2cccnc2)c1OC. The highest BCUT2D eigenvalue weighted by Crippen LogP contribution is 2.45. The van der Waals surface area contributed by atoms with Crippen molar-refractivity contribution in [3.05, 3.63) is 95.3 Å². The van der Waals surface area contributed by atoms with Crippen molar-refractivity contribution in [1.29, 1.82) is 0 Å². The minimum absolute atomic E-state index is 0.00311. The number of benzene rings is 2. The van der Waals surface area contributed by atoms with Crippen LogP contribution in [0.5, 0.6) is 11.5 Å². The smallest absolute Gasteiger partial charge is 0.295 e. The maximum atomic E-state index is 13.2. The van der Waals surface area contributed by atoms with E-state index in [4.69, 9.17) is 9.47 Å². The molecule has 2 aromatic carbocycles. The van der Waals surface area contributed by atoms with E-state index in [1.54, 1.807) is 67.0 Å². The van der Waals surface area contributed by atoms with Gasteiger partial charge in [-0.05, 0) is 17.7 Å². The molecule has 2 heterocycles. The van der Waals surface area contributed by atoms with Crippen molar-refractivity contribution in [3.63, 3.8) is 0 Å². The van der Waals surface area contributed by atoms with Gasteiger partial charge in [0.1, 0.15) is 5.76 Å². The number of likely N-dealkylation sites (tertiary alicyclic amines) is 1. The zero-order valence-corrected chi connectivity index (χ0v) is 17.7. The van der Waals surface area contributed by atoms with Crippen LogP contribution >= 0.6 is 0 Å². The maximum Gasteiger partial charge on any atom is 0.295 e. The summed E-state index contributed by atoms with van der Waals surface area (Å²) >= 11 is 0. The highest BCUT2D eigenvalue weighted by atomic mass is 16.5. The first-order chi connectivity index (χ1) is 15.6. The highest BCUT2D eigenvalue weighted by molar-refractivity contribution is 6.46. The van der Waals surface area contributed by atoms with Crippen LogP contribution in [0.1, 0.15) is 22.7 Å². The first kappa shape index (κ1) is 21.1. The molecule has 0 bridgehead atoms. The van der Waals surface area contributed by atoms with Crippen molar-refractivity contribution in [2.75, 3.05) is 14.2 Å². The number of carbonyl (C=O) groups excluding carboxylic acids is 2. The van der Waals surface area contributed by atoms with Gasteiger partial charge in [-0.15, -0.1) is 0 Å². The number of rotatable bonds is 6. The lowest BCUT2D eigenvalue weighted by atomic mass is 9.94. The Bertz CT molecular complexity index is 1180. The van der Waals surface area contributed by atoms with Crippen LogP contribution in [0.15, 0.2) is 78.6 Å². The predicted molar refractivity (Wildman–Crippen MR) is 118 cm³/mol. The van der Waals surface area contributed by atoms with Gasteiger partial charge in [0.2, 0.25) is 0 Å². The van der Waals surface area contributed by atoms with Crippen LogP contribution in [0, 0.1) is 0 Å². The van der Waals surface area contributed by atoms with Crippen LogP contribution in [0.2, 0.25) is 0 Å². The molecule has 1 aliphatic heterocycles. The zero-order valence-electron chi connectivity index (χ0n) is 17.7. The van der Waals surface area contributed by atoms with Crippen molar-refractivity contribution in [2.45, 2.75) is 12.6 Å². The van der Waals surface area contributed by atoms with Crippen LogP contribution in [-0.2, 0) is 16.1 Å². The molecule has 0 unspecified atom stereocenters. The first-order valence-electron chi connectivity index (χ1n) is 10.0. The number of amides is 1. The lowest BCUT2D eigenvalue weighted by Gasteiger charge is -2.27. The van der Waals surface area contributed by atoms with E-state index < -0.39 is 17.7 Å². The predicted octanol–water partition coefficient (Wildman–Crippen LogP) is 3.72. The van der Waals surface area contributed by atoms with E-state index in [1.165, 1.54) is 19.1 Å². The minimum Gasteiger partial charge on any atom is -0.507 e. The number of hydrogen-bond acceptors (Lipinski definition) is 6. The Kier molecular flexibility index (Phi) is 5.89. The molecule has 4 rings (SSSR count). The van der Waals surface area contributed by atoms with Crippen LogP contribution < -0.4 is 9.47 Å². The molecule has 0 saturated carbocycles. The first-order valence-corrected chi connectivity index (χ1v) is 10.0. The van der Waals surface area contributed by atoms with Gasteiger partial charge in [-0.3, -0.25) is 14.6 Å². The maximum absolute atomic E-state index is 13.2. The Morgan fingerprint density at radius 1 is 1.00 bits per heavy atom. The zero-order chi connectivity index (χ0) is 22.7. The van der Waals surface area contributed by atoms with E-state index in [0.717, 1.165) is 5.56 Å². The summed E-state index contributed by atoms with van der Waals surface area (Å²) in [6.45, 7) is 0.134. The van der Waals surface area contributed by atoms with Gasteiger partial charge in [-0.25, -0.2) is 0 Å². The molecular formula is C25H22N2O5. The average Bonchev–Trinajstić information content (AvgIpc) is 3.09. The number of aliphatic hydroxyl groups excluding tert-OH is 1. The molecule has 1 N–H and O–H groups in total. The summed E-state index contributed by atoms with van der Waals surface area (Å²) in [5.41, 5.74) is 1.73. The van der Waals surface area contributed by atoms with Gasteiger partial charge in [0.05, 0.1) is 25.8 Å². The second kappa shape index (κ2) is 8.93. The molecule has 7 nitrogen and oxygen atoms in total. The number of methoxy groups -OCH3 is 2. The number of ether oxygens (including phenoxy) is 2. The van der Waals surface area contributed by atoms with Gasteiger partial charge < -0.3 is 19.5 Å². The fraction of sp³-hybridized carbons (Fsp3) is 0.160. The standard InChI is InChI=1S/C25H22N2O5/c1-31-19-12-6-11-18(24(19)32-2)21-20(22(28)17-9-4-3-5-10-17)23(29)25(30)27(21)15-16-8-7-13-26-14-16/h3-14,21,28H,15H2,1-2H3/b22-20+/t21-/m0/s1. The summed E-state index contributed by atoms with van der Waals surface area (Å²) < 4.78 is 11.0. The number of nitrogens with zero attached hydrogens (tertiary/aromatic N) is 2. The summed E-state index contributed by atoms with van der Waals surface area (Å²) in [4.78, 5) is 31.8. The number of para-hydroxylation sites is 1. The molecule has 1 aromatic heterocycles. The van der Waals surface area contributed by atoms with Crippen molar-refractivity contribution in [3.8, 4) is 11.5 Å². The van der Waals surface area contributed by atoms with Gasteiger partial charge in [-0.1, -0.05) is 48.5 Å². The molecule has 3 aromatic rings. The molecule has 1 saturated heterocycles. The topological polar surface area (TPSA) is 89.0 Å². The fourth-order valence-corrected chi connectivity index (χ4v) is 3.93. The van der Waals surface area contributed by atoms with Gasteiger partial charge in [0.15, 0.2) is 11.5 Å². The minimum atomic E-state index is -0.875. The quantitative estimate of drug-likeness (QED) is 0.364. The van der Waals surface area contributed by atoms with E-state index in [1.807, 2.05) is 6.07 Å². The van der Waals surface area contributed by atoms with Gasteiger partial charge in [0, 0.05) is 30.1 Å². The van der Waals surface area contributed by atoms with Gasteiger partial charge in [0.25, 0.3) is 11.7 Å². The number of ketones is 1. The lowest BCUT2D eigenvalue weighted by Crippen LogP contribution is -2.29. The molecule has 0 radical (unpaired) electrons. The van der Waals surface area contributed by atoms with Gasteiger partial charge in [-0.2, -0.15) is 0 Å². The monoisotopic (exact) mass is 430 g/mol. The van der Waals surface area contributed by atoms with Gasteiger partial charge >= 0.3 is 0 Å². The number of aromatic nitrogens is 1. The number of hydrogen-bond donors (Lipinski definition) is 1.